The summed E-state index contributed by atoms with van der Waals surface area (Å²) in [5.74, 6) is -4.57. The number of ether oxygens (including phenoxy) is 2. The van der Waals surface area contributed by atoms with E-state index in [1.165, 1.54) is 0 Å². The van der Waals surface area contributed by atoms with Crippen LogP contribution in [0.1, 0.15) is 107 Å². The highest BCUT2D eigenvalue weighted by molar-refractivity contribution is 5.81. The molecule has 18 nitrogen and oxygen atoms in total. The first-order valence-corrected chi connectivity index (χ1v) is 16.5. The van der Waals surface area contributed by atoms with Gasteiger partial charge in [0.25, 0.3) is 0 Å². The summed E-state index contributed by atoms with van der Waals surface area (Å²) in [4.78, 5) is 66.8. The van der Waals surface area contributed by atoms with Crippen LogP contribution in [0.3, 0.4) is 0 Å². The van der Waals surface area contributed by atoms with E-state index in [1.807, 2.05) is 0 Å². The number of unbranched alkanes of at least 4 members (excludes halogenated alkanes) is 2. The van der Waals surface area contributed by atoms with Crippen molar-refractivity contribution in [2.24, 2.45) is 20.5 Å². The molecule has 52 heavy (non-hydrogen) atoms. The molecule has 0 spiro atoms. The van der Waals surface area contributed by atoms with Crippen molar-refractivity contribution in [2.75, 3.05) is 13.1 Å². The summed E-state index contributed by atoms with van der Waals surface area (Å²) in [5, 5.41) is 40.7. The Kier molecular flexibility index (Phi) is 18.8. The molecule has 2 heterocycles. The minimum Gasteiger partial charge on any atom is -0.542 e. The third-order valence-corrected chi connectivity index (χ3v) is 6.38. The van der Waals surface area contributed by atoms with Gasteiger partial charge in [-0.3, -0.25) is 9.59 Å². The Hall–Kier alpha value is -4.43. The van der Waals surface area contributed by atoms with E-state index in [4.69, 9.17) is 24.5 Å². The van der Waals surface area contributed by atoms with E-state index >= 15 is 0 Å². The minimum atomic E-state index is -5.19. The second-order valence-electron chi connectivity index (χ2n) is 14.4. The molecule has 0 aromatic rings. The number of nitrogens with one attached hydrogen (secondary N) is 3. The number of aliphatic carboxylic acids is 2. The van der Waals surface area contributed by atoms with E-state index < -0.39 is 64.8 Å². The molecule has 2 atom stereocenters. The molecule has 0 aliphatic carbocycles. The molecule has 7 N–H and O–H groups in total. The number of halogens is 3. The van der Waals surface area contributed by atoms with Crippen molar-refractivity contribution in [2.45, 2.75) is 148 Å². The van der Waals surface area contributed by atoms with Crippen molar-refractivity contribution in [1.29, 1.82) is 0 Å². The SMILES string of the molecule is CC1(CC(=O)NCCCC[C@H](NC(=O)OC(C)(C)C)C(=O)OC(C)(C)C)N=N1.CC1(CC(=O)NCCCC[C@H]([NH3+])C(=O)O)N=N1.O=C([O-])C(F)(F)F. The molecule has 21 heteroatoms. The van der Waals surface area contributed by atoms with Gasteiger partial charge < -0.3 is 46.2 Å². The summed E-state index contributed by atoms with van der Waals surface area (Å²) in [6, 6.07) is -1.37. The largest absolute Gasteiger partial charge is 0.542 e. The number of rotatable bonds is 17. The zero-order valence-corrected chi connectivity index (χ0v) is 31.0. The average Bonchev–Trinajstić information content (AvgIpc) is 3.88. The van der Waals surface area contributed by atoms with Crippen LogP contribution in [0.5, 0.6) is 0 Å². The first-order chi connectivity index (χ1) is 23.6. The van der Waals surface area contributed by atoms with Crippen molar-refractivity contribution in [3.8, 4) is 0 Å². The van der Waals surface area contributed by atoms with E-state index in [1.54, 1.807) is 55.4 Å². The maximum atomic E-state index is 12.4. The van der Waals surface area contributed by atoms with Crippen molar-refractivity contribution in [3.05, 3.63) is 0 Å². The maximum absolute atomic E-state index is 12.4. The van der Waals surface area contributed by atoms with E-state index in [2.05, 4.69) is 42.1 Å². The van der Waals surface area contributed by atoms with Gasteiger partial charge in [-0.05, 0) is 87.5 Å². The second kappa shape index (κ2) is 20.6. The molecule has 0 radical (unpaired) electrons. The zero-order chi connectivity index (χ0) is 40.6. The molecule has 3 amide bonds. The standard InChI is InChI=1S/C19H34N4O5.C10H18N4O3.C2HF3O2/c1-17(2,3)27-15(25)13(21-16(26)28-18(4,5)6)10-8-9-11-20-14(24)12-19(7)22-23-19;1-10(13-14-10)6-8(15)12-5-3-2-4-7(11)9(16)17;3-2(4,5)1(6)7/h13H,8-12H2,1-7H3,(H,20,24)(H,21,26);7H,2-6,11H2,1H3,(H,12,15)(H,16,17);(H,6,7)/t13-;7-;/m00./s1. The summed E-state index contributed by atoms with van der Waals surface area (Å²) in [6.07, 6.45) is -1.63. The van der Waals surface area contributed by atoms with Gasteiger partial charge in [0.15, 0.2) is 17.4 Å². The molecule has 2 aliphatic heterocycles. The number of hydrogen-bond acceptors (Lipinski definition) is 13. The molecule has 298 valence electrons. The summed E-state index contributed by atoms with van der Waals surface area (Å²) >= 11 is 0. The number of alkyl halides is 3. The molecular formula is C31H53F3N8O10. The van der Waals surface area contributed by atoms with Crippen molar-refractivity contribution < 1.29 is 67.4 Å². The lowest BCUT2D eigenvalue weighted by molar-refractivity contribution is -0.409. The van der Waals surface area contributed by atoms with Crippen LogP contribution in [0.2, 0.25) is 0 Å². The molecule has 0 bridgehead atoms. The summed E-state index contributed by atoms with van der Waals surface area (Å²) in [7, 11) is 0. The van der Waals surface area contributed by atoms with Crippen LogP contribution in [-0.4, -0.2) is 94.8 Å². The Balaban J connectivity index is 0.000000911. The van der Waals surface area contributed by atoms with Gasteiger partial charge in [-0.1, -0.05) is 0 Å². The minimum absolute atomic E-state index is 0.0677. The Labute approximate surface area is 300 Å². The lowest BCUT2D eigenvalue weighted by Gasteiger charge is -2.26. The molecule has 0 saturated carbocycles. The molecule has 0 saturated heterocycles. The van der Waals surface area contributed by atoms with Gasteiger partial charge in [-0.2, -0.15) is 33.6 Å². The van der Waals surface area contributed by atoms with Crippen LogP contribution in [0.15, 0.2) is 20.5 Å². The Morgan fingerprint density at radius 2 is 1.13 bits per heavy atom. The monoisotopic (exact) mass is 754 g/mol. The number of nitrogens with zero attached hydrogens (tertiary/aromatic N) is 4. The van der Waals surface area contributed by atoms with Crippen LogP contribution < -0.4 is 26.8 Å². The van der Waals surface area contributed by atoms with Gasteiger partial charge >= 0.3 is 24.2 Å². The Morgan fingerprint density at radius 3 is 1.46 bits per heavy atom. The second-order valence-corrected chi connectivity index (χ2v) is 14.4. The van der Waals surface area contributed by atoms with E-state index in [9.17, 15) is 37.1 Å². The maximum Gasteiger partial charge on any atom is 0.430 e. The summed E-state index contributed by atoms with van der Waals surface area (Å²) in [6.45, 7) is 15.2. The summed E-state index contributed by atoms with van der Waals surface area (Å²) < 4.78 is 42.2. The number of amides is 3. The lowest BCUT2D eigenvalue weighted by Crippen LogP contribution is -2.64. The molecule has 0 aromatic carbocycles. The number of esters is 1. The lowest BCUT2D eigenvalue weighted by atomic mass is 10.1. The molecule has 0 unspecified atom stereocenters. The van der Waals surface area contributed by atoms with Gasteiger partial charge in [0.2, 0.25) is 11.8 Å². The van der Waals surface area contributed by atoms with Crippen LogP contribution >= 0.6 is 0 Å². The van der Waals surface area contributed by atoms with Gasteiger partial charge in [0, 0.05) is 19.5 Å². The van der Waals surface area contributed by atoms with Crippen LogP contribution in [0.4, 0.5) is 18.0 Å². The van der Waals surface area contributed by atoms with Crippen LogP contribution in [0, 0.1) is 0 Å². The Morgan fingerprint density at radius 1 is 0.750 bits per heavy atom. The highest BCUT2D eigenvalue weighted by atomic mass is 19.4. The van der Waals surface area contributed by atoms with Crippen LogP contribution in [0.25, 0.3) is 0 Å². The smallest absolute Gasteiger partial charge is 0.430 e. The fourth-order valence-corrected chi connectivity index (χ4v) is 3.69. The van der Waals surface area contributed by atoms with Gasteiger partial charge in [0.1, 0.15) is 23.2 Å². The highest BCUT2D eigenvalue weighted by Gasteiger charge is 2.37. The van der Waals surface area contributed by atoms with Gasteiger partial charge in [0.05, 0.1) is 12.8 Å². The van der Waals surface area contributed by atoms with Crippen LogP contribution in [-0.2, 0) is 33.4 Å². The zero-order valence-electron chi connectivity index (χ0n) is 31.0. The number of carbonyl (C=O) groups excluding carboxylic acids is 5. The van der Waals surface area contributed by atoms with E-state index in [-0.39, 0.29) is 18.2 Å². The van der Waals surface area contributed by atoms with E-state index in [0.717, 1.165) is 12.8 Å². The van der Waals surface area contributed by atoms with Gasteiger partial charge in [-0.15, -0.1) is 0 Å². The number of hydrogen-bond donors (Lipinski definition) is 5. The Bertz CT molecular complexity index is 1280. The molecule has 2 rings (SSSR count). The predicted molar refractivity (Wildman–Crippen MR) is 174 cm³/mol. The summed E-state index contributed by atoms with van der Waals surface area (Å²) in [5.41, 5.74) is 1.15. The quantitative estimate of drug-likeness (QED) is 0.106. The normalized spacial score (nSPS) is 15.9. The third kappa shape index (κ3) is 25.5. The first kappa shape index (κ1) is 47.6. The molecular weight excluding hydrogens is 701 g/mol. The number of alkyl carbamates (subject to hydrolysis) is 1. The molecule has 0 fully saturated rings. The fraction of sp³-hybridized carbons (Fsp3) is 0.806. The van der Waals surface area contributed by atoms with Crippen molar-refractivity contribution >= 4 is 35.8 Å². The number of quaternary nitrogens is 1. The third-order valence-electron chi connectivity index (χ3n) is 6.38. The predicted octanol–water partition coefficient (Wildman–Crippen LogP) is 1.92. The molecule has 0 aromatic heterocycles. The fourth-order valence-electron chi connectivity index (χ4n) is 3.69. The number of carboxylic acids is 2. The average molecular weight is 755 g/mol. The number of carboxylic acid groups (broad SMARTS) is 2. The molecule has 2 aliphatic rings. The number of carbonyl (C=O) groups is 6. The van der Waals surface area contributed by atoms with Crippen molar-refractivity contribution in [3.63, 3.8) is 0 Å². The topological polar surface area (TPSA) is 277 Å². The van der Waals surface area contributed by atoms with Crippen molar-refractivity contribution in [1.82, 2.24) is 16.0 Å². The van der Waals surface area contributed by atoms with Gasteiger partial charge in [-0.25, -0.2) is 14.4 Å². The first-order valence-electron chi connectivity index (χ1n) is 16.5. The van der Waals surface area contributed by atoms with E-state index in [0.29, 0.717) is 45.2 Å². The highest BCUT2D eigenvalue weighted by Crippen LogP contribution is 2.31.